The maximum absolute atomic E-state index is 11.9. The third-order valence-corrected chi connectivity index (χ3v) is 3.52. The summed E-state index contributed by atoms with van der Waals surface area (Å²) >= 11 is 0. The molecule has 0 atom stereocenters. The first-order valence-corrected chi connectivity index (χ1v) is 7.33. The van der Waals surface area contributed by atoms with Crippen molar-refractivity contribution in [3.8, 4) is 0 Å². The average molecular weight is 285 g/mol. The van der Waals surface area contributed by atoms with Gasteiger partial charge in [-0.3, -0.25) is 0 Å². The Hall–Kier alpha value is -2.03. The van der Waals surface area contributed by atoms with Crippen molar-refractivity contribution >= 4 is 5.97 Å². The molecule has 0 saturated carbocycles. The Balaban J connectivity index is 2.31. The van der Waals surface area contributed by atoms with Crippen molar-refractivity contribution in [3.05, 3.63) is 58.9 Å². The Morgan fingerprint density at radius 1 is 1.14 bits per heavy atom. The lowest BCUT2D eigenvalue weighted by atomic mass is 10.1. The van der Waals surface area contributed by atoms with Crippen LogP contribution in [-0.4, -0.2) is 17.6 Å². The molecule has 0 N–H and O–H groups in total. The highest BCUT2D eigenvalue weighted by atomic mass is 16.5. The zero-order valence-corrected chi connectivity index (χ0v) is 13.2. The molecule has 0 amide bonds. The molecule has 0 saturated heterocycles. The van der Waals surface area contributed by atoms with E-state index in [1.54, 1.807) is 0 Å². The Labute approximate surface area is 126 Å². The van der Waals surface area contributed by atoms with Gasteiger partial charge in [-0.1, -0.05) is 43.7 Å². The molecule has 0 unspecified atom stereocenters. The maximum atomic E-state index is 11.9. The number of carbonyl (C=O) groups excluding carboxylic acids is 1. The quantitative estimate of drug-likeness (QED) is 0.782. The van der Waals surface area contributed by atoms with Crippen molar-refractivity contribution in [2.45, 2.75) is 33.7 Å². The molecular formula is C18H23NO2. The number of esters is 1. The zero-order chi connectivity index (χ0) is 15.4. The van der Waals surface area contributed by atoms with Crippen molar-refractivity contribution in [2.75, 3.05) is 7.11 Å². The first-order chi connectivity index (χ1) is 10.0. The van der Waals surface area contributed by atoms with Crippen LogP contribution in [0.2, 0.25) is 0 Å². The fourth-order valence-electron chi connectivity index (χ4n) is 2.44. The van der Waals surface area contributed by atoms with E-state index in [2.05, 4.69) is 49.6 Å². The van der Waals surface area contributed by atoms with Crippen LogP contribution in [0, 0.1) is 12.8 Å². The lowest BCUT2D eigenvalue weighted by Crippen LogP contribution is -2.16. The molecule has 0 radical (unpaired) electrons. The summed E-state index contributed by atoms with van der Waals surface area (Å²) in [4.78, 5) is 11.9. The molecule has 2 aromatic rings. The molecule has 0 spiro atoms. The van der Waals surface area contributed by atoms with Crippen LogP contribution in [0.4, 0.5) is 0 Å². The maximum Gasteiger partial charge on any atom is 0.354 e. The second kappa shape index (κ2) is 6.61. The van der Waals surface area contributed by atoms with Crippen molar-refractivity contribution in [3.63, 3.8) is 0 Å². The molecule has 0 aliphatic rings. The lowest BCUT2D eigenvalue weighted by molar-refractivity contribution is 0.0587. The van der Waals surface area contributed by atoms with Gasteiger partial charge in [-0.25, -0.2) is 4.79 Å². The Kier molecular flexibility index (Phi) is 4.84. The van der Waals surface area contributed by atoms with E-state index in [4.69, 9.17) is 4.74 Å². The SMILES string of the molecule is COC(=O)c1ccc(Cc2ccc(C)cc2)n1CC(C)C. The largest absolute Gasteiger partial charge is 0.464 e. The average Bonchev–Trinajstić information content (AvgIpc) is 2.83. The number of ether oxygens (including phenoxy) is 1. The van der Waals surface area contributed by atoms with E-state index < -0.39 is 0 Å². The molecule has 0 bridgehead atoms. The van der Waals surface area contributed by atoms with Crippen molar-refractivity contribution in [2.24, 2.45) is 5.92 Å². The fourth-order valence-corrected chi connectivity index (χ4v) is 2.44. The van der Waals surface area contributed by atoms with Crippen LogP contribution >= 0.6 is 0 Å². The topological polar surface area (TPSA) is 31.2 Å². The summed E-state index contributed by atoms with van der Waals surface area (Å²) in [6, 6.07) is 12.4. The number of methoxy groups -OCH3 is 1. The number of hydrogen-bond donors (Lipinski definition) is 0. The predicted molar refractivity (Wildman–Crippen MR) is 84.6 cm³/mol. The normalized spacial score (nSPS) is 10.9. The second-order valence-electron chi connectivity index (χ2n) is 5.87. The van der Waals surface area contributed by atoms with Gasteiger partial charge in [0.25, 0.3) is 0 Å². The van der Waals surface area contributed by atoms with Gasteiger partial charge in [0, 0.05) is 18.7 Å². The van der Waals surface area contributed by atoms with Gasteiger partial charge in [0.2, 0.25) is 0 Å². The minimum atomic E-state index is -0.272. The van der Waals surface area contributed by atoms with E-state index in [1.807, 2.05) is 12.1 Å². The number of carbonyl (C=O) groups is 1. The fraction of sp³-hybridized carbons (Fsp3) is 0.389. The second-order valence-corrected chi connectivity index (χ2v) is 5.87. The molecule has 21 heavy (non-hydrogen) atoms. The summed E-state index contributed by atoms with van der Waals surface area (Å²) in [6.07, 6.45) is 0.823. The van der Waals surface area contributed by atoms with Crippen molar-refractivity contribution in [1.29, 1.82) is 0 Å². The van der Waals surface area contributed by atoms with Gasteiger partial charge < -0.3 is 9.30 Å². The highest BCUT2D eigenvalue weighted by Gasteiger charge is 2.16. The number of nitrogens with zero attached hydrogens (tertiary/aromatic N) is 1. The molecule has 2 rings (SSSR count). The number of aromatic nitrogens is 1. The molecule has 0 aliphatic heterocycles. The molecule has 1 aromatic carbocycles. The van der Waals surface area contributed by atoms with E-state index in [9.17, 15) is 4.79 Å². The molecule has 0 fully saturated rings. The van der Waals surface area contributed by atoms with Gasteiger partial charge >= 0.3 is 5.97 Å². The van der Waals surface area contributed by atoms with Crippen molar-refractivity contribution in [1.82, 2.24) is 4.57 Å². The molecule has 112 valence electrons. The van der Waals surface area contributed by atoms with Crippen LogP contribution in [0.25, 0.3) is 0 Å². The first kappa shape index (κ1) is 15.4. The molecule has 0 aliphatic carbocycles. The van der Waals surface area contributed by atoms with E-state index in [-0.39, 0.29) is 5.97 Å². The predicted octanol–water partition coefficient (Wildman–Crippen LogP) is 3.83. The van der Waals surface area contributed by atoms with Crippen molar-refractivity contribution < 1.29 is 9.53 Å². The minimum absolute atomic E-state index is 0.272. The summed E-state index contributed by atoms with van der Waals surface area (Å²) < 4.78 is 6.96. The van der Waals surface area contributed by atoms with Crippen LogP contribution in [0.1, 0.15) is 41.2 Å². The monoisotopic (exact) mass is 285 g/mol. The van der Waals surface area contributed by atoms with E-state index in [0.717, 1.165) is 18.7 Å². The summed E-state index contributed by atoms with van der Waals surface area (Å²) in [5.74, 6) is 0.198. The molecule has 3 nitrogen and oxygen atoms in total. The van der Waals surface area contributed by atoms with Gasteiger partial charge in [0.05, 0.1) is 7.11 Å². The Morgan fingerprint density at radius 2 is 1.81 bits per heavy atom. The van der Waals surface area contributed by atoms with Gasteiger partial charge in [-0.2, -0.15) is 0 Å². The first-order valence-electron chi connectivity index (χ1n) is 7.33. The van der Waals surface area contributed by atoms with Crippen LogP contribution < -0.4 is 0 Å². The zero-order valence-electron chi connectivity index (χ0n) is 13.2. The Bertz CT molecular complexity index is 609. The smallest absolute Gasteiger partial charge is 0.354 e. The third-order valence-electron chi connectivity index (χ3n) is 3.52. The highest BCUT2D eigenvalue weighted by molar-refractivity contribution is 5.87. The standard InChI is InChI=1S/C18H23NO2/c1-13(2)12-19-16(9-10-17(19)18(20)21-4)11-15-7-5-14(3)6-8-15/h5-10,13H,11-12H2,1-4H3. The molecule has 1 heterocycles. The summed E-state index contributed by atoms with van der Waals surface area (Å²) in [7, 11) is 1.43. The molecule has 3 heteroatoms. The Morgan fingerprint density at radius 3 is 2.38 bits per heavy atom. The summed E-state index contributed by atoms with van der Waals surface area (Å²) in [6.45, 7) is 7.20. The van der Waals surface area contributed by atoms with E-state index >= 15 is 0 Å². The van der Waals surface area contributed by atoms with Crippen LogP contribution in [-0.2, 0) is 17.7 Å². The minimum Gasteiger partial charge on any atom is -0.464 e. The van der Waals surface area contributed by atoms with Gasteiger partial charge in [-0.15, -0.1) is 0 Å². The third kappa shape index (κ3) is 3.75. The highest BCUT2D eigenvalue weighted by Crippen LogP contribution is 2.17. The van der Waals surface area contributed by atoms with E-state index in [1.165, 1.54) is 18.2 Å². The number of benzene rings is 1. The van der Waals surface area contributed by atoms with Crippen LogP contribution in [0.3, 0.4) is 0 Å². The molecule has 1 aromatic heterocycles. The molecular weight excluding hydrogens is 262 g/mol. The van der Waals surface area contributed by atoms with Crippen LogP contribution in [0.15, 0.2) is 36.4 Å². The lowest BCUT2D eigenvalue weighted by Gasteiger charge is -2.15. The number of rotatable bonds is 5. The van der Waals surface area contributed by atoms with Gasteiger partial charge in [0.15, 0.2) is 0 Å². The van der Waals surface area contributed by atoms with Gasteiger partial charge in [0.1, 0.15) is 5.69 Å². The number of aryl methyl sites for hydroxylation is 1. The summed E-state index contributed by atoms with van der Waals surface area (Å²) in [5, 5.41) is 0. The number of hydrogen-bond acceptors (Lipinski definition) is 2. The van der Waals surface area contributed by atoms with Crippen LogP contribution in [0.5, 0.6) is 0 Å². The van der Waals surface area contributed by atoms with E-state index in [0.29, 0.717) is 11.6 Å². The van der Waals surface area contributed by atoms with Gasteiger partial charge in [-0.05, 0) is 30.5 Å². The summed E-state index contributed by atoms with van der Waals surface area (Å²) in [5.41, 5.74) is 4.29.